The van der Waals surface area contributed by atoms with Gasteiger partial charge in [0.05, 0.1) is 16.7 Å². The molecule has 0 spiro atoms. The van der Waals surface area contributed by atoms with Crippen molar-refractivity contribution in [2.75, 3.05) is 12.8 Å². The Balaban J connectivity index is 1.68. The molecule has 170 valence electrons. The molecule has 8 nitrogen and oxygen atoms in total. The number of hydrogen-bond donors (Lipinski definition) is 1. The number of amides is 1. The fourth-order valence-corrected chi connectivity index (χ4v) is 4.56. The van der Waals surface area contributed by atoms with Gasteiger partial charge in [0.1, 0.15) is 6.33 Å². The number of nitrogens with zero attached hydrogens (tertiary/aromatic N) is 4. The zero-order chi connectivity index (χ0) is 23.5. The van der Waals surface area contributed by atoms with Crippen LogP contribution in [0.4, 0.5) is 0 Å². The van der Waals surface area contributed by atoms with Crippen molar-refractivity contribution in [3.63, 3.8) is 0 Å². The van der Waals surface area contributed by atoms with Crippen LogP contribution in [0.5, 0.6) is 0 Å². The maximum absolute atomic E-state index is 12.8. The Kier molecular flexibility index (Phi) is 7.37. The summed E-state index contributed by atoms with van der Waals surface area (Å²) >= 11 is 1.30. The second-order valence-corrected chi connectivity index (χ2v) is 10.3. The third-order valence-corrected chi connectivity index (χ3v) is 7.16. The summed E-state index contributed by atoms with van der Waals surface area (Å²) in [4.78, 5) is 14.4. The van der Waals surface area contributed by atoms with Crippen LogP contribution in [0.25, 0.3) is 5.69 Å². The Morgan fingerprint density at radius 2 is 1.81 bits per heavy atom. The number of carbonyl (C=O) groups is 1. The second-order valence-electron chi connectivity index (χ2n) is 7.82. The van der Waals surface area contributed by atoms with Gasteiger partial charge < -0.3 is 4.90 Å². The van der Waals surface area contributed by atoms with Gasteiger partial charge in [-0.1, -0.05) is 49.9 Å². The van der Waals surface area contributed by atoms with Gasteiger partial charge >= 0.3 is 0 Å². The highest BCUT2D eigenvalue weighted by molar-refractivity contribution is 7.99. The van der Waals surface area contributed by atoms with Crippen molar-refractivity contribution in [2.45, 2.75) is 42.8 Å². The quantitative estimate of drug-likeness (QED) is 0.502. The van der Waals surface area contributed by atoms with E-state index in [0.29, 0.717) is 16.6 Å². The minimum absolute atomic E-state index is 0.0219. The zero-order valence-electron chi connectivity index (χ0n) is 18.5. The molecule has 0 saturated heterocycles. The number of nitrogens with two attached hydrogens (primary N) is 1. The monoisotopic (exact) mass is 473 g/mol. The summed E-state index contributed by atoms with van der Waals surface area (Å²) in [5, 5.41) is 14.0. The number of aromatic nitrogens is 3. The summed E-state index contributed by atoms with van der Waals surface area (Å²) in [6, 6.07) is 14.2. The Hall–Kier alpha value is -2.69. The van der Waals surface area contributed by atoms with E-state index in [0.717, 1.165) is 5.69 Å². The van der Waals surface area contributed by atoms with Crippen molar-refractivity contribution in [1.29, 1.82) is 0 Å². The third kappa shape index (κ3) is 5.56. The van der Waals surface area contributed by atoms with Crippen LogP contribution in [0.3, 0.4) is 0 Å². The number of benzene rings is 2. The number of sulfonamides is 1. The molecule has 1 amide bonds. The SMILES string of the molecule is CC(C)c1ccc(-n2cnnc2SCC(=O)N(C)C(C)c2cccc(S(N)(=O)=O)c2)cc1. The van der Waals surface area contributed by atoms with Crippen LogP contribution in [0.1, 0.15) is 43.9 Å². The van der Waals surface area contributed by atoms with E-state index in [2.05, 4.69) is 36.2 Å². The van der Waals surface area contributed by atoms with Gasteiger partial charge in [-0.15, -0.1) is 10.2 Å². The average molecular weight is 474 g/mol. The van der Waals surface area contributed by atoms with Crippen molar-refractivity contribution in [1.82, 2.24) is 19.7 Å². The Morgan fingerprint density at radius 3 is 2.44 bits per heavy atom. The molecule has 0 aliphatic carbocycles. The molecule has 0 fully saturated rings. The molecule has 2 aromatic carbocycles. The summed E-state index contributed by atoms with van der Waals surface area (Å²) in [7, 11) is -2.12. The van der Waals surface area contributed by atoms with E-state index in [-0.39, 0.29) is 22.6 Å². The predicted octanol–water partition coefficient (Wildman–Crippen LogP) is 3.35. The van der Waals surface area contributed by atoms with Crippen LogP contribution in [0.15, 0.2) is 64.9 Å². The second kappa shape index (κ2) is 9.85. The zero-order valence-corrected chi connectivity index (χ0v) is 20.1. The highest BCUT2D eigenvalue weighted by Crippen LogP contribution is 2.25. The van der Waals surface area contributed by atoms with E-state index < -0.39 is 10.0 Å². The maximum atomic E-state index is 12.8. The molecule has 1 atom stereocenters. The van der Waals surface area contributed by atoms with Crippen LogP contribution in [0.2, 0.25) is 0 Å². The van der Waals surface area contributed by atoms with Gasteiger partial charge in [-0.25, -0.2) is 13.6 Å². The van der Waals surface area contributed by atoms with Crippen LogP contribution < -0.4 is 5.14 Å². The van der Waals surface area contributed by atoms with Gasteiger partial charge in [0.15, 0.2) is 5.16 Å². The molecule has 2 N–H and O–H groups in total. The topological polar surface area (TPSA) is 111 Å². The van der Waals surface area contributed by atoms with Gasteiger partial charge in [-0.05, 0) is 48.2 Å². The molecule has 3 rings (SSSR count). The minimum Gasteiger partial charge on any atom is -0.338 e. The van der Waals surface area contributed by atoms with E-state index in [1.807, 2.05) is 23.6 Å². The van der Waals surface area contributed by atoms with E-state index in [4.69, 9.17) is 5.14 Å². The first kappa shape index (κ1) is 24.0. The Morgan fingerprint density at radius 1 is 1.12 bits per heavy atom. The molecule has 1 aromatic heterocycles. The Labute approximate surface area is 192 Å². The van der Waals surface area contributed by atoms with Gasteiger partial charge in [-0.3, -0.25) is 9.36 Å². The first-order chi connectivity index (χ1) is 15.1. The first-order valence-electron chi connectivity index (χ1n) is 10.1. The molecule has 1 unspecified atom stereocenters. The lowest BCUT2D eigenvalue weighted by Crippen LogP contribution is -2.31. The molecule has 32 heavy (non-hydrogen) atoms. The van der Waals surface area contributed by atoms with E-state index in [1.54, 1.807) is 30.4 Å². The summed E-state index contributed by atoms with van der Waals surface area (Å²) in [6.07, 6.45) is 1.63. The van der Waals surface area contributed by atoms with E-state index in [9.17, 15) is 13.2 Å². The van der Waals surface area contributed by atoms with Gasteiger partial charge in [0, 0.05) is 12.7 Å². The van der Waals surface area contributed by atoms with Crippen molar-refractivity contribution >= 4 is 27.7 Å². The number of thioether (sulfide) groups is 1. The molecule has 0 aliphatic rings. The van der Waals surface area contributed by atoms with Crippen molar-refractivity contribution in [3.05, 3.63) is 66.0 Å². The summed E-state index contributed by atoms with van der Waals surface area (Å²) < 4.78 is 25.1. The molecule has 0 saturated carbocycles. The van der Waals surface area contributed by atoms with Crippen LogP contribution >= 0.6 is 11.8 Å². The number of hydrogen-bond acceptors (Lipinski definition) is 6. The standard InChI is InChI=1S/C22H27N5O3S2/c1-15(2)17-8-10-19(11-9-17)27-14-24-25-22(27)31-13-21(28)26(4)16(3)18-6-5-7-20(12-18)32(23,29)30/h5-12,14-16H,13H2,1-4H3,(H2,23,29,30). The highest BCUT2D eigenvalue weighted by Gasteiger charge is 2.20. The summed E-state index contributed by atoms with van der Waals surface area (Å²) in [6.45, 7) is 6.12. The molecule has 0 bridgehead atoms. The van der Waals surface area contributed by atoms with Crippen molar-refractivity contribution in [2.24, 2.45) is 5.14 Å². The smallest absolute Gasteiger partial charge is 0.238 e. The van der Waals surface area contributed by atoms with Gasteiger partial charge in [0.2, 0.25) is 15.9 Å². The largest absolute Gasteiger partial charge is 0.338 e. The molecule has 3 aromatic rings. The molecule has 0 aliphatic heterocycles. The number of primary sulfonamides is 1. The predicted molar refractivity (Wildman–Crippen MR) is 125 cm³/mol. The average Bonchev–Trinajstić information content (AvgIpc) is 3.24. The highest BCUT2D eigenvalue weighted by atomic mass is 32.2. The lowest BCUT2D eigenvalue weighted by atomic mass is 10.0. The van der Waals surface area contributed by atoms with Crippen molar-refractivity contribution < 1.29 is 13.2 Å². The maximum Gasteiger partial charge on any atom is 0.238 e. The summed E-state index contributed by atoms with van der Waals surface area (Å²) in [5.41, 5.74) is 2.86. The Bertz CT molecular complexity index is 1190. The van der Waals surface area contributed by atoms with Crippen LogP contribution in [0, 0.1) is 0 Å². The molecule has 0 radical (unpaired) electrons. The molecular weight excluding hydrogens is 446 g/mol. The molecule has 1 heterocycles. The summed E-state index contributed by atoms with van der Waals surface area (Å²) in [5.74, 6) is 0.492. The fourth-order valence-electron chi connectivity index (χ4n) is 3.14. The minimum atomic E-state index is -3.81. The van der Waals surface area contributed by atoms with Crippen LogP contribution in [-0.4, -0.2) is 46.8 Å². The van der Waals surface area contributed by atoms with E-state index >= 15 is 0 Å². The van der Waals surface area contributed by atoms with Crippen molar-refractivity contribution in [3.8, 4) is 5.69 Å². The van der Waals surface area contributed by atoms with Crippen LogP contribution in [-0.2, 0) is 14.8 Å². The first-order valence-corrected chi connectivity index (χ1v) is 12.6. The van der Waals surface area contributed by atoms with E-state index in [1.165, 1.54) is 29.5 Å². The third-order valence-electron chi connectivity index (χ3n) is 5.32. The molecular formula is C22H27N5O3S2. The number of carbonyl (C=O) groups excluding carboxylic acids is 1. The lowest BCUT2D eigenvalue weighted by molar-refractivity contribution is -0.128. The lowest BCUT2D eigenvalue weighted by Gasteiger charge is -2.25. The van der Waals surface area contributed by atoms with Gasteiger partial charge in [0.25, 0.3) is 0 Å². The fraction of sp³-hybridized carbons (Fsp3) is 0.318. The number of rotatable bonds is 8. The normalized spacial score (nSPS) is 12.7. The molecule has 10 heteroatoms. The van der Waals surface area contributed by atoms with Gasteiger partial charge in [-0.2, -0.15) is 0 Å².